The van der Waals surface area contributed by atoms with E-state index in [4.69, 9.17) is 14.2 Å². The molecule has 2 aromatic rings. The molecular weight excluding hydrogens is 567 g/mol. The lowest BCUT2D eigenvalue weighted by Crippen LogP contribution is -2.37. The summed E-state index contributed by atoms with van der Waals surface area (Å²) in [4.78, 5) is 37.8. The Bertz CT molecular complexity index is 1550. The summed E-state index contributed by atoms with van der Waals surface area (Å²) in [6.07, 6.45) is -3.17. The first-order chi connectivity index (χ1) is 20.0. The molecule has 43 heavy (non-hydrogen) atoms. The number of nitrogens with zero attached hydrogens (tertiary/aromatic N) is 1. The van der Waals surface area contributed by atoms with Crippen LogP contribution in [0.15, 0.2) is 59.1 Å². The number of carbonyl (C=O) groups is 2. The van der Waals surface area contributed by atoms with E-state index < -0.39 is 34.0 Å². The zero-order valence-corrected chi connectivity index (χ0v) is 24.5. The lowest BCUT2D eigenvalue weighted by Gasteiger charge is -2.42. The van der Waals surface area contributed by atoms with Crippen molar-refractivity contribution in [2.24, 2.45) is 10.8 Å². The van der Waals surface area contributed by atoms with Crippen molar-refractivity contribution in [3.05, 3.63) is 80.3 Å². The number of nitro benzene ring substituents is 1. The monoisotopic (exact) mass is 599 g/mol. The van der Waals surface area contributed by atoms with Crippen LogP contribution >= 0.6 is 0 Å². The van der Waals surface area contributed by atoms with E-state index in [1.54, 1.807) is 19.1 Å². The number of Topliss-reactive ketones (excluding diaryl/α,β-unsaturated/α-hetero) is 2. The van der Waals surface area contributed by atoms with Gasteiger partial charge in [-0.2, -0.15) is 13.2 Å². The van der Waals surface area contributed by atoms with Gasteiger partial charge < -0.3 is 14.2 Å². The standard InChI is InChI=1S/C32H32F3NO7/c1-6-41-24-11-17(7-9-23(24)42-22-10-8-18(32(33,34)35)12-19(22)36(39)40)27-28-20(37)13-30(2,3)15-25(28)43-26-16-31(4,5)14-21(38)29(26)27/h7-12,27H,6,13-16H2,1-5H3. The van der Waals surface area contributed by atoms with Crippen molar-refractivity contribution < 1.29 is 41.9 Å². The molecule has 1 heterocycles. The van der Waals surface area contributed by atoms with Gasteiger partial charge in [0.05, 0.1) is 17.1 Å². The fourth-order valence-electron chi connectivity index (χ4n) is 6.11. The van der Waals surface area contributed by atoms with Crippen LogP contribution in [-0.2, 0) is 20.5 Å². The van der Waals surface area contributed by atoms with Crippen LogP contribution in [0.2, 0.25) is 0 Å². The third-order valence-corrected chi connectivity index (χ3v) is 7.89. The number of hydrogen-bond acceptors (Lipinski definition) is 7. The fraction of sp³-hybridized carbons (Fsp3) is 0.438. The number of nitro groups is 1. The summed E-state index contributed by atoms with van der Waals surface area (Å²) in [6.45, 7) is 9.86. The number of benzene rings is 2. The van der Waals surface area contributed by atoms with Crippen molar-refractivity contribution in [2.75, 3.05) is 6.61 Å². The Labute approximate surface area is 246 Å². The highest BCUT2D eigenvalue weighted by Crippen LogP contribution is 2.54. The predicted molar refractivity (Wildman–Crippen MR) is 150 cm³/mol. The van der Waals surface area contributed by atoms with E-state index in [9.17, 15) is 32.9 Å². The topological polar surface area (TPSA) is 105 Å². The maximum absolute atomic E-state index is 13.6. The summed E-state index contributed by atoms with van der Waals surface area (Å²) >= 11 is 0. The average Bonchev–Trinajstić information content (AvgIpc) is 2.86. The molecular formula is C32H32F3NO7. The Hall–Kier alpha value is -4.15. The first kappa shape index (κ1) is 30.3. The van der Waals surface area contributed by atoms with E-state index in [0.29, 0.717) is 53.2 Å². The molecule has 0 radical (unpaired) electrons. The SMILES string of the molecule is CCOc1cc(C2C3=C(CC(C)(C)CC3=O)OC3=C2C(=O)CC(C)(C)C3)ccc1Oc1ccc(C(F)(F)F)cc1[N+](=O)[O-]. The summed E-state index contributed by atoms with van der Waals surface area (Å²) in [7, 11) is 0. The van der Waals surface area contributed by atoms with E-state index in [1.807, 2.05) is 27.7 Å². The number of allylic oxidation sites excluding steroid dienone is 4. The van der Waals surface area contributed by atoms with E-state index >= 15 is 0 Å². The molecule has 1 aliphatic heterocycles. The van der Waals surface area contributed by atoms with Crippen LogP contribution in [0.5, 0.6) is 17.2 Å². The lowest BCUT2D eigenvalue weighted by atomic mass is 9.65. The van der Waals surface area contributed by atoms with E-state index in [1.165, 1.54) is 6.07 Å². The molecule has 0 saturated carbocycles. The molecule has 0 aromatic heterocycles. The van der Waals surface area contributed by atoms with Crippen molar-refractivity contribution in [3.8, 4) is 17.2 Å². The molecule has 228 valence electrons. The Morgan fingerprint density at radius 3 is 1.95 bits per heavy atom. The van der Waals surface area contributed by atoms with Crippen molar-refractivity contribution >= 4 is 17.3 Å². The number of ether oxygens (including phenoxy) is 3. The van der Waals surface area contributed by atoms with Gasteiger partial charge in [0, 0.05) is 48.8 Å². The number of halogens is 3. The van der Waals surface area contributed by atoms with Gasteiger partial charge in [0.15, 0.2) is 23.1 Å². The molecule has 5 rings (SSSR count). The molecule has 0 N–H and O–H groups in total. The number of hydrogen-bond donors (Lipinski definition) is 0. The second-order valence-electron chi connectivity index (χ2n) is 12.8. The van der Waals surface area contributed by atoms with Crippen LogP contribution < -0.4 is 9.47 Å². The van der Waals surface area contributed by atoms with E-state index in [-0.39, 0.29) is 53.3 Å². The van der Waals surface area contributed by atoms with Gasteiger partial charge in [-0.05, 0) is 47.6 Å². The average molecular weight is 600 g/mol. The molecule has 2 aromatic carbocycles. The number of carbonyl (C=O) groups excluding carboxylic acids is 2. The molecule has 0 amide bonds. The maximum atomic E-state index is 13.6. The fourth-order valence-corrected chi connectivity index (χ4v) is 6.11. The molecule has 0 unspecified atom stereocenters. The van der Waals surface area contributed by atoms with Crippen LogP contribution in [0.1, 0.15) is 77.3 Å². The van der Waals surface area contributed by atoms with Gasteiger partial charge in [0.1, 0.15) is 11.5 Å². The molecule has 0 bridgehead atoms. The van der Waals surface area contributed by atoms with Crippen molar-refractivity contribution in [3.63, 3.8) is 0 Å². The molecule has 0 atom stereocenters. The van der Waals surface area contributed by atoms with E-state index in [0.717, 1.165) is 6.07 Å². The molecule has 0 spiro atoms. The number of rotatable bonds is 6. The zero-order valence-electron chi connectivity index (χ0n) is 24.5. The molecule has 0 saturated heterocycles. The Balaban J connectivity index is 1.61. The molecule has 2 aliphatic carbocycles. The highest BCUT2D eigenvalue weighted by molar-refractivity contribution is 6.06. The molecule has 3 aliphatic rings. The van der Waals surface area contributed by atoms with Crippen molar-refractivity contribution in [1.82, 2.24) is 0 Å². The largest absolute Gasteiger partial charge is 0.490 e. The van der Waals surface area contributed by atoms with Gasteiger partial charge >= 0.3 is 11.9 Å². The Kier molecular flexibility index (Phi) is 7.43. The van der Waals surface area contributed by atoms with Gasteiger partial charge in [0.2, 0.25) is 5.75 Å². The van der Waals surface area contributed by atoms with Crippen LogP contribution in [0, 0.1) is 20.9 Å². The first-order valence-corrected chi connectivity index (χ1v) is 14.0. The van der Waals surface area contributed by atoms with Gasteiger partial charge in [-0.15, -0.1) is 0 Å². The zero-order chi connectivity index (χ0) is 31.5. The minimum Gasteiger partial charge on any atom is -0.490 e. The molecule has 0 fully saturated rings. The second kappa shape index (κ2) is 10.5. The molecule has 8 nitrogen and oxygen atoms in total. The summed E-state index contributed by atoms with van der Waals surface area (Å²) < 4.78 is 57.5. The minimum atomic E-state index is -4.77. The Morgan fingerprint density at radius 2 is 1.44 bits per heavy atom. The lowest BCUT2D eigenvalue weighted by molar-refractivity contribution is -0.385. The summed E-state index contributed by atoms with van der Waals surface area (Å²) in [6, 6.07) is 6.74. The quantitative estimate of drug-likeness (QED) is 0.243. The predicted octanol–water partition coefficient (Wildman–Crippen LogP) is 8.20. The van der Waals surface area contributed by atoms with Gasteiger partial charge in [-0.3, -0.25) is 19.7 Å². The third-order valence-electron chi connectivity index (χ3n) is 7.89. The Morgan fingerprint density at radius 1 is 0.884 bits per heavy atom. The van der Waals surface area contributed by atoms with Crippen LogP contribution in [0.3, 0.4) is 0 Å². The normalized spacial score (nSPS) is 19.9. The third kappa shape index (κ3) is 5.89. The smallest absolute Gasteiger partial charge is 0.416 e. The van der Waals surface area contributed by atoms with E-state index in [2.05, 4.69) is 0 Å². The summed E-state index contributed by atoms with van der Waals surface area (Å²) in [5, 5.41) is 11.6. The van der Waals surface area contributed by atoms with Crippen LogP contribution in [0.4, 0.5) is 18.9 Å². The van der Waals surface area contributed by atoms with Gasteiger partial charge in [0.25, 0.3) is 0 Å². The first-order valence-electron chi connectivity index (χ1n) is 14.0. The number of ketones is 2. The highest BCUT2D eigenvalue weighted by Gasteiger charge is 2.48. The second-order valence-corrected chi connectivity index (χ2v) is 12.8. The summed E-state index contributed by atoms with van der Waals surface area (Å²) in [5.74, 6) is -0.0587. The van der Waals surface area contributed by atoms with Crippen LogP contribution in [-0.4, -0.2) is 23.1 Å². The maximum Gasteiger partial charge on any atom is 0.416 e. The van der Waals surface area contributed by atoms with Crippen molar-refractivity contribution in [1.29, 1.82) is 0 Å². The van der Waals surface area contributed by atoms with Crippen molar-refractivity contribution in [2.45, 2.75) is 72.4 Å². The number of alkyl halides is 3. The highest BCUT2D eigenvalue weighted by atomic mass is 19.4. The molecule has 11 heteroatoms. The van der Waals surface area contributed by atoms with Gasteiger partial charge in [-0.25, -0.2) is 0 Å². The minimum absolute atomic E-state index is 0.0242. The van der Waals surface area contributed by atoms with Gasteiger partial charge in [-0.1, -0.05) is 33.8 Å². The summed E-state index contributed by atoms with van der Waals surface area (Å²) in [5.41, 5.74) is -1.25. The van der Waals surface area contributed by atoms with Crippen LogP contribution in [0.25, 0.3) is 0 Å².